The van der Waals surface area contributed by atoms with E-state index in [9.17, 15) is 13.2 Å². The molecule has 0 atom stereocenters. The van der Waals surface area contributed by atoms with Crippen LogP contribution in [0.25, 0.3) is 0 Å². The van der Waals surface area contributed by atoms with E-state index >= 15 is 0 Å². The predicted molar refractivity (Wildman–Crippen MR) is 115 cm³/mol. The van der Waals surface area contributed by atoms with Gasteiger partial charge in [-0.05, 0) is 43.2 Å². The number of nitrogens with zero attached hydrogens (tertiary/aromatic N) is 1. The van der Waals surface area contributed by atoms with Gasteiger partial charge in [0.15, 0.2) is 0 Å². The summed E-state index contributed by atoms with van der Waals surface area (Å²) in [5, 5.41) is 2.81. The molecule has 0 heterocycles. The van der Waals surface area contributed by atoms with Crippen molar-refractivity contribution in [2.45, 2.75) is 25.3 Å². The quantitative estimate of drug-likeness (QED) is 0.639. The number of carbonyl (C=O) groups excluding carboxylic acids is 1. The molecular formula is C23H24N2O3S. The number of sulfonamides is 1. The van der Waals surface area contributed by atoms with E-state index in [1.807, 2.05) is 56.3 Å². The maximum Gasteiger partial charge on any atom is 0.243 e. The van der Waals surface area contributed by atoms with Gasteiger partial charge in [-0.25, -0.2) is 8.42 Å². The number of para-hydroxylation sites is 1. The zero-order valence-electron chi connectivity index (χ0n) is 16.5. The Morgan fingerprint density at radius 2 is 1.48 bits per heavy atom. The lowest BCUT2D eigenvalue weighted by Crippen LogP contribution is -2.37. The van der Waals surface area contributed by atoms with Crippen LogP contribution in [0, 0.1) is 13.8 Å². The Bertz CT molecular complexity index is 1080. The lowest BCUT2D eigenvalue weighted by molar-refractivity contribution is -0.116. The monoisotopic (exact) mass is 408 g/mol. The minimum Gasteiger partial charge on any atom is -0.325 e. The fourth-order valence-corrected chi connectivity index (χ4v) is 4.33. The van der Waals surface area contributed by atoms with Crippen molar-refractivity contribution >= 4 is 21.6 Å². The molecule has 1 N–H and O–H groups in total. The van der Waals surface area contributed by atoms with E-state index in [0.29, 0.717) is 5.69 Å². The van der Waals surface area contributed by atoms with Gasteiger partial charge >= 0.3 is 0 Å². The molecule has 0 fully saturated rings. The highest BCUT2D eigenvalue weighted by atomic mass is 32.2. The van der Waals surface area contributed by atoms with Gasteiger partial charge in [0.1, 0.15) is 0 Å². The smallest absolute Gasteiger partial charge is 0.243 e. The van der Waals surface area contributed by atoms with Gasteiger partial charge in [-0.3, -0.25) is 4.79 Å². The van der Waals surface area contributed by atoms with Crippen LogP contribution in [0.5, 0.6) is 0 Å². The van der Waals surface area contributed by atoms with Gasteiger partial charge < -0.3 is 5.32 Å². The van der Waals surface area contributed by atoms with E-state index in [2.05, 4.69) is 5.32 Å². The van der Waals surface area contributed by atoms with Crippen molar-refractivity contribution in [1.29, 1.82) is 0 Å². The molecule has 0 saturated heterocycles. The topological polar surface area (TPSA) is 66.5 Å². The van der Waals surface area contributed by atoms with Gasteiger partial charge in [-0.2, -0.15) is 4.31 Å². The van der Waals surface area contributed by atoms with E-state index in [-0.39, 0.29) is 23.9 Å². The van der Waals surface area contributed by atoms with Gasteiger partial charge in [0, 0.05) is 12.2 Å². The standard InChI is InChI=1S/C23H24N2O3S/c1-18-12-14-20(15-13-18)16-25(29(27,28)21-9-4-3-5-10-21)17-23(26)24-22-11-7-6-8-19(22)2/h3-15H,16-17H2,1-2H3,(H,24,26). The van der Waals surface area contributed by atoms with Crippen LogP contribution in [0.1, 0.15) is 16.7 Å². The second kappa shape index (κ2) is 9.03. The average Bonchev–Trinajstić information content (AvgIpc) is 2.71. The number of aryl methyl sites for hydroxylation is 2. The van der Waals surface area contributed by atoms with Crippen LogP contribution in [0.3, 0.4) is 0 Å². The summed E-state index contributed by atoms with van der Waals surface area (Å²) in [6.07, 6.45) is 0. The zero-order chi connectivity index (χ0) is 20.9. The molecule has 0 spiro atoms. The highest BCUT2D eigenvalue weighted by molar-refractivity contribution is 7.89. The van der Waals surface area contributed by atoms with Gasteiger partial charge in [-0.15, -0.1) is 0 Å². The van der Waals surface area contributed by atoms with Crippen LogP contribution in [0.4, 0.5) is 5.69 Å². The molecule has 6 heteroatoms. The Balaban J connectivity index is 1.87. The number of rotatable bonds is 7. The predicted octanol–water partition coefficient (Wildman–Crippen LogP) is 4.13. The second-order valence-corrected chi connectivity index (χ2v) is 8.87. The normalized spacial score (nSPS) is 11.4. The first-order chi connectivity index (χ1) is 13.9. The molecule has 150 valence electrons. The summed E-state index contributed by atoms with van der Waals surface area (Å²) in [6.45, 7) is 3.69. The lowest BCUT2D eigenvalue weighted by atomic mass is 10.1. The van der Waals surface area contributed by atoms with Crippen molar-refractivity contribution in [1.82, 2.24) is 4.31 Å². The summed E-state index contributed by atoms with van der Waals surface area (Å²) in [6, 6.07) is 23.2. The van der Waals surface area contributed by atoms with Gasteiger partial charge in [0.25, 0.3) is 0 Å². The second-order valence-electron chi connectivity index (χ2n) is 6.93. The van der Waals surface area contributed by atoms with Crippen molar-refractivity contribution < 1.29 is 13.2 Å². The summed E-state index contributed by atoms with van der Waals surface area (Å²) in [5.74, 6) is -0.383. The Morgan fingerprint density at radius 1 is 0.862 bits per heavy atom. The fourth-order valence-electron chi connectivity index (χ4n) is 2.93. The molecule has 3 aromatic carbocycles. The molecule has 1 amide bonds. The van der Waals surface area contributed by atoms with E-state index in [4.69, 9.17) is 0 Å². The van der Waals surface area contributed by atoms with Crippen LogP contribution in [0.15, 0.2) is 83.8 Å². The third kappa shape index (κ3) is 5.31. The van der Waals surface area contributed by atoms with E-state index < -0.39 is 10.0 Å². The Morgan fingerprint density at radius 3 is 2.14 bits per heavy atom. The molecule has 0 aliphatic heterocycles. The lowest BCUT2D eigenvalue weighted by Gasteiger charge is -2.22. The number of carbonyl (C=O) groups is 1. The number of hydrogen-bond acceptors (Lipinski definition) is 3. The first-order valence-corrected chi connectivity index (χ1v) is 10.8. The van der Waals surface area contributed by atoms with Crippen molar-refractivity contribution in [3.05, 3.63) is 95.6 Å². The van der Waals surface area contributed by atoms with Crippen molar-refractivity contribution in [3.63, 3.8) is 0 Å². The maximum atomic E-state index is 13.2. The van der Waals surface area contributed by atoms with E-state index in [1.165, 1.54) is 16.4 Å². The molecule has 29 heavy (non-hydrogen) atoms. The third-order valence-corrected chi connectivity index (χ3v) is 6.41. The third-order valence-electron chi connectivity index (χ3n) is 4.60. The fraction of sp³-hybridized carbons (Fsp3) is 0.174. The van der Waals surface area contributed by atoms with E-state index in [0.717, 1.165) is 16.7 Å². The number of hydrogen-bond donors (Lipinski definition) is 1. The molecule has 0 unspecified atom stereocenters. The van der Waals surface area contributed by atoms with Crippen LogP contribution in [-0.2, 0) is 21.4 Å². The molecule has 3 aromatic rings. The minimum absolute atomic E-state index is 0.110. The molecular weight excluding hydrogens is 384 g/mol. The summed E-state index contributed by atoms with van der Waals surface area (Å²) in [5.41, 5.74) is 3.49. The summed E-state index contributed by atoms with van der Waals surface area (Å²) < 4.78 is 27.6. The molecule has 5 nitrogen and oxygen atoms in total. The maximum absolute atomic E-state index is 13.2. The Hall–Kier alpha value is -2.96. The van der Waals surface area contributed by atoms with E-state index in [1.54, 1.807) is 24.3 Å². The highest BCUT2D eigenvalue weighted by Gasteiger charge is 2.27. The van der Waals surface area contributed by atoms with Gasteiger partial charge in [-0.1, -0.05) is 66.2 Å². The summed E-state index contributed by atoms with van der Waals surface area (Å²) in [4.78, 5) is 12.8. The number of benzene rings is 3. The molecule has 0 bridgehead atoms. The summed E-state index contributed by atoms with van der Waals surface area (Å²) >= 11 is 0. The van der Waals surface area contributed by atoms with Crippen molar-refractivity contribution in [2.75, 3.05) is 11.9 Å². The Labute approximate surface area is 172 Å². The Kier molecular flexibility index (Phi) is 6.46. The first kappa shape index (κ1) is 20.8. The zero-order valence-corrected chi connectivity index (χ0v) is 17.3. The van der Waals surface area contributed by atoms with Crippen molar-refractivity contribution in [2.24, 2.45) is 0 Å². The minimum atomic E-state index is -3.83. The molecule has 0 radical (unpaired) electrons. The first-order valence-electron chi connectivity index (χ1n) is 9.32. The molecule has 3 rings (SSSR count). The average molecular weight is 409 g/mol. The van der Waals surface area contributed by atoms with Crippen LogP contribution in [-0.4, -0.2) is 25.2 Å². The summed E-state index contributed by atoms with van der Waals surface area (Å²) in [7, 11) is -3.83. The highest BCUT2D eigenvalue weighted by Crippen LogP contribution is 2.19. The SMILES string of the molecule is Cc1ccc(CN(CC(=O)Nc2ccccc2C)S(=O)(=O)c2ccccc2)cc1. The molecule has 0 saturated carbocycles. The van der Waals surface area contributed by atoms with Crippen molar-refractivity contribution in [3.8, 4) is 0 Å². The largest absolute Gasteiger partial charge is 0.325 e. The number of anilines is 1. The van der Waals surface area contributed by atoms with Crippen LogP contribution in [0.2, 0.25) is 0 Å². The molecule has 0 aromatic heterocycles. The molecule has 0 aliphatic rings. The van der Waals surface area contributed by atoms with Crippen LogP contribution >= 0.6 is 0 Å². The molecule has 0 aliphatic carbocycles. The number of amides is 1. The van der Waals surface area contributed by atoms with Crippen LogP contribution < -0.4 is 5.32 Å². The number of nitrogens with one attached hydrogen (secondary N) is 1. The van der Waals surface area contributed by atoms with Gasteiger partial charge in [0.2, 0.25) is 15.9 Å². The van der Waals surface area contributed by atoms with Gasteiger partial charge in [0.05, 0.1) is 11.4 Å².